The summed E-state index contributed by atoms with van der Waals surface area (Å²) < 4.78 is 3.65. The van der Waals surface area contributed by atoms with Crippen LogP contribution in [0.5, 0.6) is 0 Å². The van der Waals surface area contributed by atoms with E-state index >= 15 is 0 Å². The summed E-state index contributed by atoms with van der Waals surface area (Å²) in [6, 6.07) is 0. The second kappa shape index (κ2) is 4.76. The Morgan fingerprint density at radius 2 is 2.35 bits per heavy atom. The quantitative estimate of drug-likeness (QED) is 0.809. The molecule has 7 nitrogen and oxygen atoms in total. The van der Waals surface area contributed by atoms with Crippen molar-refractivity contribution in [3.05, 3.63) is 28.3 Å². The number of aromatic nitrogens is 5. The zero-order valence-electron chi connectivity index (χ0n) is 9.17. The molecule has 0 spiro atoms. The van der Waals surface area contributed by atoms with Crippen LogP contribution in [0.4, 0.5) is 0 Å². The third-order valence-corrected chi connectivity index (χ3v) is 2.84. The van der Waals surface area contributed by atoms with Crippen LogP contribution in [-0.4, -0.2) is 30.6 Å². The summed E-state index contributed by atoms with van der Waals surface area (Å²) in [4.78, 5) is 12.0. The highest BCUT2D eigenvalue weighted by atomic mass is 79.9. The molecule has 2 aromatic heterocycles. The van der Waals surface area contributed by atoms with Gasteiger partial charge in [0.2, 0.25) is 5.78 Å². The Kier molecular flexibility index (Phi) is 3.34. The average molecular weight is 299 g/mol. The SMILES string of the molecule is Cn1ncc(Br)c1C(=O)Cn1cc(CN)nn1. The van der Waals surface area contributed by atoms with Crippen molar-refractivity contribution in [2.75, 3.05) is 0 Å². The first-order valence-corrected chi connectivity index (χ1v) is 5.71. The molecule has 2 heterocycles. The van der Waals surface area contributed by atoms with Gasteiger partial charge in [-0.25, -0.2) is 4.68 Å². The van der Waals surface area contributed by atoms with Gasteiger partial charge in [-0.05, 0) is 15.9 Å². The van der Waals surface area contributed by atoms with Crippen molar-refractivity contribution in [2.24, 2.45) is 12.8 Å². The molecule has 0 aromatic carbocycles. The molecule has 0 aliphatic heterocycles. The number of ketones is 1. The third-order valence-electron chi connectivity index (χ3n) is 2.26. The second-order valence-corrected chi connectivity index (χ2v) is 4.35. The van der Waals surface area contributed by atoms with E-state index in [1.807, 2.05) is 0 Å². The lowest BCUT2D eigenvalue weighted by atomic mass is 10.3. The zero-order chi connectivity index (χ0) is 12.4. The standard InChI is InChI=1S/C9H11BrN6O/c1-15-9(7(10)3-12-15)8(17)5-16-4-6(2-11)13-14-16/h3-4H,2,5,11H2,1H3. The smallest absolute Gasteiger partial charge is 0.203 e. The van der Waals surface area contributed by atoms with E-state index in [1.165, 1.54) is 9.36 Å². The summed E-state index contributed by atoms with van der Waals surface area (Å²) in [5.41, 5.74) is 6.58. The van der Waals surface area contributed by atoms with Gasteiger partial charge in [0.15, 0.2) is 0 Å². The minimum atomic E-state index is -0.0923. The van der Waals surface area contributed by atoms with Gasteiger partial charge in [0, 0.05) is 13.6 Å². The number of Topliss-reactive ketones (excluding diaryl/α,β-unsaturated/α-hetero) is 1. The van der Waals surface area contributed by atoms with Crippen LogP contribution in [0.1, 0.15) is 16.2 Å². The van der Waals surface area contributed by atoms with Crippen LogP contribution in [-0.2, 0) is 20.1 Å². The van der Waals surface area contributed by atoms with Crippen LogP contribution >= 0.6 is 15.9 Å². The fraction of sp³-hybridized carbons (Fsp3) is 0.333. The molecule has 0 atom stereocenters. The summed E-state index contributed by atoms with van der Waals surface area (Å²) in [6.45, 7) is 0.425. The first kappa shape index (κ1) is 11.9. The largest absolute Gasteiger partial charge is 0.325 e. The van der Waals surface area contributed by atoms with E-state index in [-0.39, 0.29) is 12.3 Å². The van der Waals surface area contributed by atoms with E-state index in [4.69, 9.17) is 5.73 Å². The Morgan fingerprint density at radius 1 is 1.59 bits per heavy atom. The maximum absolute atomic E-state index is 12.0. The van der Waals surface area contributed by atoms with Crippen LogP contribution in [0.3, 0.4) is 0 Å². The van der Waals surface area contributed by atoms with Crippen molar-refractivity contribution >= 4 is 21.7 Å². The van der Waals surface area contributed by atoms with Crippen molar-refractivity contribution in [3.8, 4) is 0 Å². The molecule has 0 bridgehead atoms. The van der Waals surface area contributed by atoms with Crippen molar-refractivity contribution in [1.29, 1.82) is 0 Å². The minimum Gasteiger partial charge on any atom is -0.325 e. The number of hydrogen-bond donors (Lipinski definition) is 1. The fourth-order valence-corrected chi connectivity index (χ4v) is 2.03. The van der Waals surface area contributed by atoms with E-state index in [1.54, 1.807) is 19.4 Å². The molecule has 0 unspecified atom stereocenters. The minimum absolute atomic E-state index is 0.0923. The third kappa shape index (κ3) is 2.42. The molecule has 0 amide bonds. The normalized spacial score (nSPS) is 10.8. The molecule has 0 saturated heterocycles. The van der Waals surface area contributed by atoms with Gasteiger partial charge in [-0.15, -0.1) is 5.10 Å². The number of carbonyl (C=O) groups is 1. The zero-order valence-corrected chi connectivity index (χ0v) is 10.8. The van der Waals surface area contributed by atoms with Crippen molar-refractivity contribution < 1.29 is 4.79 Å². The van der Waals surface area contributed by atoms with Gasteiger partial charge < -0.3 is 5.73 Å². The van der Waals surface area contributed by atoms with Crippen LogP contribution in [0.15, 0.2) is 16.9 Å². The Labute approximate surface area is 106 Å². The predicted molar refractivity (Wildman–Crippen MR) is 63.2 cm³/mol. The van der Waals surface area contributed by atoms with E-state index in [9.17, 15) is 4.79 Å². The predicted octanol–water partition coefficient (Wildman–Crippen LogP) is 0.116. The molecule has 8 heteroatoms. The first-order valence-electron chi connectivity index (χ1n) is 4.91. The molecular formula is C9H11BrN6O. The number of rotatable bonds is 4. The van der Waals surface area contributed by atoms with E-state index in [2.05, 4.69) is 31.3 Å². The Hall–Kier alpha value is -1.54. The number of hydrogen-bond acceptors (Lipinski definition) is 5. The molecule has 0 saturated carbocycles. The Morgan fingerprint density at radius 3 is 2.88 bits per heavy atom. The summed E-state index contributed by atoms with van der Waals surface area (Å²) in [5, 5.41) is 11.6. The lowest BCUT2D eigenvalue weighted by Crippen LogP contribution is -2.15. The molecule has 2 rings (SSSR count). The summed E-state index contributed by atoms with van der Waals surface area (Å²) in [6.07, 6.45) is 3.24. The van der Waals surface area contributed by atoms with Gasteiger partial charge in [-0.2, -0.15) is 5.10 Å². The highest BCUT2D eigenvalue weighted by Crippen LogP contribution is 2.16. The molecule has 17 heavy (non-hydrogen) atoms. The van der Waals surface area contributed by atoms with Crippen molar-refractivity contribution in [1.82, 2.24) is 24.8 Å². The average Bonchev–Trinajstić information content (AvgIpc) is 2.86. The molecule has 0 fully saturated rings. The fourth-order valence-electron chi connectivity index (χ4n) is 1.46. The topological polar surface area (TPSA) is 91.6 Å². The molecule has 0 radical (unpaired) electrons. The molecule has 0 aliphatic rings. The Balaban J connectivity index is 2.17. The van der Waals surface area contributed by atoms with Gasteiger partial charge in [0.25, 0.3) is 0 Å². The monoisotopic (exact) mass is 298 g/mol. The van der Waals surface area contributed by atoms with Gasteiger partial charge in [-0.3, -0.25) is 9.48 Å². The van der Waals surface area contributed by atoms with E-state index in [0.717, 1.165) is 0 Å². The highest BCUT2D eigenvalue weighted by Gasteiger charge is 2.16. The van der Waals surface area contributed by atoms with Crippen LogP contribution < -0.4 is 5.73 Å². The van der Waals surface area contributed by atoms with Crippen LogP contribution in [0.2, 0.25) is 0 Å². The lowest BCUT2D eigenvalue weighted by molar-refractivity contribution is 0.0957. The summed E-state index contributed by atoms with van der Waals surface area (Å²) in [7, 11) is 1.71. The van der Waals surface area contributed by atoms with Gasteiger partial charge in [-0.1, -0.05) is 5.21 Å². The number of carbonyl (C=O) groups excluding carboxylic acids is 1. The van der Waals surface area contributed by atoms with Gasteiger partial charge >= 0.3 is 0 Å². The van der Waals surface area contributed by atoms with Gasteiger partial charge in [0.1, 0.15) is 12.2 Å². The number of nitrogens with two attached hydrogens (primary N) is 1. The molecule has 2 aromatic rings. The van der Waals surface area contributed by atoms with E-state index < -0.39 is 0 Å². The first-order chi connectivity index (χ1) is 8.11. The number of nitrogens with zero attached hydrogens (tertiary/aromatic N) is 5. The lowest BCUT2D eigenvalue weighted by Gasteiger charge is -2.01. The highest BCUT2D eigenvalue weighted by molar-refractivity contribution is 9.10. The van der Waals surface area contributed by atoms with Crippen LogP contribution in [0.25, 0.3) is 0 Å². The van der Waals surface area contributed by atoms with E-state index in [0.29, 0.717) is 22.4 Å². The summed E-state index contributed by atoms with van der Waals surface area (Å²) >= 11 is 3.28. The Bertz CT molecular complexity index is 526. The van der Waals surface area contributed by atoms with Crippen LogP contribution in [0, 0.1) is 0 Å². The molecule has 90 valence electrons. The summed E-state index contributed by atoms with van der Waals surface area (Å²) in [5.74, 6) is -0.0923. The number of halogens is 1. The molecule has 0 aliphatic carbocycles. The molecular weight excluding hydrogens is 288 g/mol. The van der Waals surface area contributed by atoms with Crippen molar-refractivity contribution in [2.45, 2.75) is 13.1 Å². The molecule has 2 N–H and O–H groups in total. The van der Waals surface area contributed by atoms with Crippen molar-refractivity contribution in [3.63, 3.8) is 0 Å². The maximum Gasteiger partial charge on any atom is 0.203 e. The van der Waals surface area contributed by atoms with Gasteiger partial charge in [0.05, 0.1) is 22.6 Å². The maximum atomic E-state index is 12.0. The number of aryl methyl sites for hydroxylation is 1. The second-order valence-electron chi connectivity index (χ2n) is 3.50.